The maximum Gasteiger partial charge on any atom is 0.258 e. The summed E-state index contributed by atoms with van der Waals surface area (Å²) in [6.07, 6.45) is 11.0. The zero-order valence-corrected chi connectivity index (χ0v) is 25.5. The van der Waals surface area contributed by atoms with Gasteiger partial charge in [0.25, 0.3) is 5.91 Å². The van der Waals surface area contributed by atoms with E-state index >= 15 is 0 Å². The molecule has 1 aromatic carbocycles. The molecule has 1 saturated carbocycles. The van der Waals surface area contributed by atoms with Crippen LogP contribution in [-0.4, -0.2) is 84.9 Å². The molecule has 0 bridgehead atoms. The average Bonchev–Trinajstić information content (AvgIpc) is 3.20. The van der Waals surface area contributed by atoms with Gasteiger partial charge in [0.15, 0.2) is 0 Å². The van der Waals surface area contributed by atoms with Crippen molar-refractivity contribution < 1.29 is 22.7 Å². The standard InChI is InChI=1S/C29H45ClN4O5S/c1-3-39-25-20-33(24-13-9-5-4-6-10-14-24)34(29(36)28(25)30)21-27(35)31-23-16-15-22(2)26(19-23)40(37,38)32-17-11-7-8-12-18-32/h15-16,19,24-25,28H,3-14,17-18,20-21H2,1-2H3,(H,31,35). The number of sulfonamides is 1. The normalized spacial score (nSPS) is 24.8. The van der Waals surface area contributed by atoms with E-state index in [9.17, 15) is 18.0 Å². The molecular formula is C29H45ClN4O5S. The first-order chi connectivity index (χ1) is 19.2. The third-order valence-corrected chi connectivity index (χ3v) is 10.8. The zero-order valence-electron chi connectivity index (χ0n) is 23.9. The predicted octanol–water partition coefficient (Wildman–Crippen LogP) is 4.68. The van der Waals surface area contributed by atoms with E-state index in [2.05, 4.69) is 5.32 Å². The van der Waals surface area contributed by atoms with Crippen molar-refractivity contribution in [1.82, 2.24) is 14.3 Å². The third-order valence-electron chi connectivity index (χ3n) is 8.32. The summed E-state index contributed by atoms with van der Waals surface area (Å²) < 4.78 is 34.3. The second kappa shape index (κ2) is 14.4. The van der Waals surface area contributed by atoms with Crippen molar-refractivity contribution in [3.8, 4) is 0 Å². The highest BCUT2D eigenvalue weighted by Gasteiger charge is 2.43. The molecule has 40 heavy (non-hydrogen) atoms. The van der Waals surface area contributed by atoms with Crippen LogP contribution in [0.5, 0.6) is 0 Å². The Hall–Kier alpha value is -1.72. The van der Waals surface area contributed by atoms with E-state index in [4.69, 9.17) is 16.3 Å². The first-order valence-electron chi connectivity index (χ1n) is 15.0. The molecule has 0 spiro atoms. The van der Waals surface area contributed by atoms with E-state index in [0.29, 0.717) is 37.5 Å². The number of rotatable bonds is 8. The maximum absolute atomic E-state index is 13.5. The quantitative estimate of drug-likeness (QED) is 0.437. The number of ether oxygens (including phenoxy) is 1. The molecule has 3 fully saturated rings. The summed E-state index contributed by atoms with van der Waals surface area (Å²) in [6, 6.07) is 5.09. The lowest BCUT2D eigenvalue weighted by Gasteiger charge is -2.47. The molecule has 1 N–H and O–H groups in total. The molecule has 3 aliphatic rings. The van der Waals surface area contributed by atoms with Crippen molar-refractivity contribution in [3.63, 3.8) is 0 Å². The number of nitrogens with one attached hydrogen (secondary N) is 1. The Morgan fingerprint density at radius 3 is 2.30 bits per heavy atom. The van der Waals surface area contributed by atoms with Crippen LogP contribution in [0.1, 0.15) is 83.1 Å². The average molecular weight is 597 g/mol. The number of hydrogen-bond acceptors (Lipinski definition) is 6. The summed E-state index contributed by atoms with van der Waals surface area (Å²) in [5.74, 6) is -0.734. The fourth-order valence-corrected chi connectivity index (χ4v) is 8.15. The van der Waals surface area contributed by atoms with Gasteiger partial charge < -0.3 is 10.1 Å². The summed E-state index contributed by atoms with van der Waals surface area (Å²) in [5.41, 5.74) is 1.02. The third kappa shape index (κ3) is 7.56. The number of anilines is 1. The molecule has 2 unspecified atom stereocenters. The van der Waals surface area contributed by atoms with E-state index in [1.165, 1.54) is 30.3 Å². The number of benzene rings is 1. The van der Waals surface area contributed by atoms with Crippen LogP contribution in [0, 0.1) is 6.92 Å². The maximum atomic E-state index is 13.5. The number of amides is 2. The molecule has 2 aliphatic heterocycles. The predicted molar refractivity (Wildman–Crippen MR) is 157 cm³/mol. The van der Waals surface area contributed by atoms with Gasteiger partial charge in [-0.25, -0.2) is 13.4 Å². The minimum absolute atomic E-state index is 0.133. The minimum Gasteiger partial charge on any atom is -0.375 e. The van der Waals surface area contributed by atoms with Gasteiger partial charge in [0.05, 0.1) is 11.0 Å². The Morgan fingerprint density at radius 2 is 1.65 bits per heavy atom. The lowest BCUT2D eigenvalue weighted by molar-refractivity contribution is -0.176. The van der Waals surface area contributed by atoms with Crippen molar-refractivity contribution in [2.24, 2.45) is 0 Å². The molecule has 2 heterocycles. The van der Waals surface area contributed by atoms with Crippen molar-refractivity contribution >= 4 is 39.1 Å². The first kappa shape index (κ1) is 31.2. The fourth-order valence-electron chi connectivity index (χ4n) is 6.12. The number of alkyl halides is 1. The number of hydrazine groups is 1. The summed E-state index contributed by atoms with van der Waals surface area (Å²) in [5, 5.41) is 5.48. The molecular weight excluding hydrogens is 552 g/mol. The lowest BCUT2D eigenvalue weighted by Crippen LogP contribution is -2.65. The van der Waals surface area contributed by atoms with E-state index in [1.54, 1.807) is 23.4 Å². The minimum atomic E-state index is -3.68. The highest BCUT2D eigenvalue weighted by Crippen LogP contribution is 2.29. The van der Waals surface area contributed by atoms with Crippen molar-refractivity contribution in [2.75, 3.05) is 38.1 Å². The summed E-state index contributed by atoms with van der Waals surface area (Å²) in [7, 11) is -3.68. The van der Waals surface area contributed by atoms with Gasteiger partial charge in [-0.15, -0.1) is 11.6 Å². The Bertz CT molecular complexity index is 1120. The number of carbonyl (C=O) groups excluding carboxylic acids is 2. The number of nitrogens with zero attached hydrogens (tertiary/aromatic N) is 3. The summed E-state index contributed by atoms with van der Waals surface area (Å²) >= 11 is 6.54. The molecule has 2 amide bonds. The van der Waals surface area contributed by atoms with Crippen molar-refractivity contribution in [1.29, 1.82) is 0 Å². The smallest absolute Gasteiger partial charge is 0.258 e. The highest BCUT2D eigenvalue weighted by atomic mass is 35.5. The number of halogens is 1. The van der Waals surface area contributed by atoms with Gasteiger partial charge in [-0.1, -0.05) is 51.0 Å². The molecule has 2 saturated heterocycles. The van der Waals surface area contributed by atoms with Crippen molar-refractivity contribution in [2.45, 2.75) is 107 Å². The Labute approximate surface area is 244 Å². The summed E-state index contributed by atoms with van der Waals surface area (Å²) in [6.45, 7) is 5.38. The molecule has 4 rings (SSSR count). The van der Waals surface area contributed by atoms with Crippen molar-refractivity contribution in [3.05, 3.63) is 23.8 Å². The Morgan fingerprint density at radius 1 is 1.02 bits per heavy atom. The molecule has 0 aromatic heterocycles. The number of hydrogen-bond donors (Lipinski definition) is 1. The first-order valence-corrected chi connectivity index (χ1v) is 16.8. The van der Waals surface area contributed by atoms with Crippen LogP contribution in [0.3, 0.4) is 0 Å². The van der Waals surface area contributed by atoms with Crippen LogP contribution < -0.4 is 5.32 Å². The monoisotopic (exact) mass is 596 g/mol. The molecule has 2 atom stereocenters. The molecule has 224 valence electrons. The van der Waals surface area contributed by atoms with Gasteiger partial charge in [0.2, 0.25) is 15.9 Å². The van der Waals surface area contributed by atoms with Crippen LogP contribution >= 0.6 is 11.6 Å². The van der Waals surface area contributed by atoms with Crippen LogP contribution in [0.4, 0.5) is 5.69 Å². The molecule has 9 nitrogen and oxygen atoms in total. The summed E-state index contributed by atoms with van der Waals surface area (Å²) in [4.78, 5) is 27.0. The van der Waals surface area contributed by atoms with Gasteiger partial charge in [-0.2, -0.15) is 4.31 Å². The van der Waals surface area contributed by atoms with Crippen LogP contribution in [-0.2, 0) is 24.3 Å². The SMILES string of the molecule is CCOC1CN(C2CCCCCCC2)N(CC(=O)Nc2ccc(C)c(S(=O)(=O)N3CCCCCC3)c2)C(=O)C1Cl. The molecule has 1 aliphatic carbocycles. The fraction of sp³-hybridized carbons (Fsp3) is 0.724. The topological polar surface area (TPSA) is 99.3 Å². The van der Waals surface area contributed by atoms with Gasteiger partial charge in [0.1, 0.15) is 11.9 Å². The van der Waals surface area contributed by atoms with Gasteiger partial charge in [-0.05, 0) is 57.2 Å². The van der Waals surface area contributed by atoms with E-state index in [-0.39, 0.29) is 23.4 Å². The number of carbonyl (C=O) groups is 2. The van der Waals surface area contributed by atoms with E-state index in [1.807, 2.05) is 11.9 Å². The lowest BCUT2D eigenvalue weighted by atomic mass is 9.95. The van der Waals surface area contributed by atoms with Gasteiger partial charge >= 0.3 is 0 Å². The van der Waals surface area contributed by atoms with Crippen LogP contribution in [0.15, 0.2) is 23.1 Å². The van der Waals surface area contributed by atoms with Gasteiger partial charge in [-0.3, -0.25) is 14.6 Å². The molecule has 11 heteroatoms. The van der Waals surface area contributed by atoms with Crippen LogP contribution in [0.2, 0.25) is 0 Å². The number of aryl methyl sites for hydroxylation is 1. The van der Waals surface area contributed by atoms with Gasteiger partial charge in [0, 0.05) is 38.0 Å². The Balaban J connectivity index is 1.51. The second-order valence-corrected chi connectivity index (χ2v) is 13.6. The van der Waals surface area contributed by atoms with E-state index in [0.717, 1.165) is 51.4 Å². The van der Waals surface area contributed by atoms with E-state index < -0.39 is 27.4 Å². The zero-order chi connectivity index (χ0) is 28.7. The Kier molecular flexibility index (Phi) is 11.3. The second-order valence-electron chi connectivity index (χ2n) is 11.3. The highest BCUT2D eigenvalue weighted by molar-refractivity contribution is 7.89. The molecule has 0 radical (unpaired) electrons. The molecule has 1 aromatic rings. The van der Waals surface area contributed by atoms with Crippen LogP contribution in [0.25, 0.3) is 0 Å². The largest absolute Gasteiger partial charge is 0.375 e.